The Kier molecular flexibility index (Phi) is 8.74. The second-order valence-corrected chi connectivity index (χ2v) is 9.33. The number of hydroxylamine groups is 2. The van der Waals surface area contributed by atoms with Gasteiger partial charge in [0.25, 0.3) is 0 Å². The molecule has 0 aromatic heterocycles. The highest BCUT2D eigenvalue weighted by Crippen LogP contribution is 2.39. The average Bonchev–Trinajstić information content (AvgIpc) is 3.23. The summed E-state index contributed by atoms with van der Waals surface area (Å²) in [4.78, 5) is 0. The van der Waals surface area contributed by atoms with Gasteiger partial charge in [-0.15, -0.1) is 0 Å². The van der Waals surface area contributed by atoms with Gasteiger partial charge >= 0.3 is 0 Å². The molecule has 1 saturated heterocycles. The number of nitrogens with zero attached hydrogens (tertiary/aromatic N) is 1. The van der Waals surface area contributed by atoms with Crippen molar-refractivity contribution >= 4 is 0 Å². The molecule has 5 rings (SSSR count). The summed E-state index contributed by atoms with van der Waals surface area (Å²) in [5, 5.41) is 12.9. The molecule has 5 nitrogen and oxygen atoms in total. The standard InChI is InChI=1S/C32H33NO4/c34-33-29(24-35-21-25-13-5-1-6-14-25)31(36-22-26-15-7-2-8-16-26)32(30(33)28-19-11-4-12-20-28)37-23-27-17-9-3-10-18-27/h1-20,29-32,34H,21-24H2/t29-,30-,31-,32-/m0/s1. The fraction of sp³-hybridized carbons (Fsp3) is 0.250. The van der Waals surface area contributed by atoms with Gasteiger partial charge in [-0.05, 0) is 22.3 Å². The zero-order chi connectivity index (χ0) is 25.3. The summed E-state index contributed by atoms with van der Waals surface area (Å²) in [6.45, 7) is 1.61. The number of rotatable bonds is 11. The zero-order valence-corrected chi connectivity index (χ0v) is 20.8. The smallest absolute Gasteiger partial charge is 0.108 e. The van der Waals surface area contributed by atoms with Crippen LogP contribution in [0.2, 0.25) is 0 Å². The van der Waals surface area contributed by atoms with E-state index in [-0.39, 0.29) is 0 Å². The molecule has 0 radical (unpaired) electrons. The average molecular weight is 496 g/mol. The maximum atomic E-state index is 11.5. The van der Waals surface area contributed by atoms with Gasteiger partial charge in [-0.25, -0.2) is 0 Å². The normalized spacial score (nSPS) is 21.8. The van der Waals surface area contributed by atoms with Gasteiger partial charge in [0, 0.05) is 0 Å². The Morgan fingerprint density at radius 1 is 0.541 bits per heavy atom. The van der Waals surface area contributed by atoms with Crippen LogP contribution in [0.4, 0.5) is 0 Å². The molecular weight excluding hydrogens is 462 g/mol. The predicted octanol–water partition coefficient (Wildman–Crippen LogP) is 6.19. The van der Waals surface area contributed by atoms with Crippen molar-refractivity contribution in [3.63, 3.8) is 0 Å². The maximum Gasteiger partial charge on any atom is 0.108 e. The van der Waals surface area contributed by atoms with Crippen molar-refractivity contribution in [1.29, 1.82) is 0 Å². The van der Waals surface area contributed by atoms with Gasteiger partial charge in [0.1, 0.15) is 12.2 Å². The van der Waals surface area contributed by atoms with Crippen LogP contribution >= 0.6 is 0 Å². The first-order chi connectivity index (χ1) is 18.3. The van der Waals surface area contributed by atoms with E-state index in [1.54, 1.807) is 0 Å². The quantitative estimate of drug-likeness (QED) is 0.269. The summed E-state index contributed by atoms with van der Waals surface area (Å²) in [5.74, 6) is 0. The van der Waals surface area contributed by atoms with Crippen molar-refractivity contribution in [2.45, 2.75) is 44.1 Å². The van der Waals surface area contributed by atoms with E-state index < -0.39 is 24.3 Å². The lowest BCUT2D eigenvalue weighted by molar-refractivity contribution is -0.167. The second-order valence-electron chi connectivity index (χ2n) is 9.33. The lowest BCUT2D eigenvalue weighted by Crippen LogP contribution is -2.40. The van der Waals surface area contributed by atoms with Crippen molar-refractivity contribution in [3.8, 4) is 0 Å². The number of ether oxygens (including phenoxy) is 3. The van der Waals surface area contributed by atoms with Crippen LogP contribution < -0.4 is 0 Å². The highest BCUT2D eigenvalue weighted by molar-refractivity contribution is 5.24. The second kappa shape index (κ2) is 12.8. The molecule has 1 fully saturated rings. The molecule has 0 unspecified atom stereocenters. The molecular formula is C32H33NO4. The molecule has 1 aliphatic heterocycles. The largest absolute Gasteiger partial charge is 0.375 e. The third-order valence-corrected chi connectivity index (χ3v) is 6.75. The zero-order valence-electron chi connectivity index (χ0n) is 20.8. The highest BCUT2D eigenvalue weighted by Gasteiger charge is 2.51. The summed E-state index contributed by atoms with van der Waals surface area (Å²) in [6, 6.07) is 39.4. The van der Waals surface area contributed by atoms with Gasteiger partial charge in [0.2, 0.25) is 0 Å². The lowest BCUT2D eigenvalue weighted by Gasteiger charge is -2.26. The molecule has 1 aliphatic rings. The van der Waals surface area contributed by atoms with Crippen molar-refractivity contribution in [2.24, 2.45) is 0 Å². The molecule has 1 heterocycles. The van der Waals surface area contributed by atoms with Crippen molar-refractivity contribution in [1.82, 2.24) is 5.06 Å². The summed E-state index contributed by atoms with van der Waals surface area (Å²) < 4.78 is 19.2. The topological polar surface area (TPSA) is 51.2 Å². The first kappa shape index (κ1) is 25.3. The van der Waals surface area contributed by atoms with E-state index in [1.165, 1.54) is 5.06 Å². The van der Waals surface area contributed by atoms with E-state index in [4.69, 9.17) is 14.2 Å². The molecule has 4 aromatic carbocycles. The van der Waals surface area contributed by atoms with E-state index in [2.05, 4.69) is 0 Å². The van der Waals surface area contributed by atoms with E-state index in [1.807, 2.05) is 121 Å². The Morgan fingerprint density at radius 3 is 1.49 bits per heavy atom. The molecule has 0 saturated carbocycles. The molecule has 5 heteroatoms. The van der Waals surface area contributed by atoms with Crippen LogP contribution in [0, 0.1) is 0 Å². The summed E-state index contributed by atoms with van der Waals surface area (Å²) in [5.41, 5.74) is 4.20. The van der Waals surface area contributed by atoms with E-state index in [9.17, 15) is 5.21 Å². The van der Waals surface area contributed by atoms with Crippen LogP contribution in [0.25, 0.3) is 0 Å². The summed E-state index contributed by atoms with van der Waals surface area (Å²) in [6.07, 6.45) is -0.809. The van der Waals surface area contributed by atoms with Crippen LogP contribution in [-0.4, -0.2) is 35.1 Å². The van der Waals surface area contributed by atoms with Crippen LogP contribution in [-0.2, 0) is 34.0 Å². The van der Waals surface area contributed by atoms with Gasteiger partial charge in [-0.1, -0.05) is 121 Å². The van der Waals surface area contributed by atoms with E-state index in [0.717, 1.165) is 22.3 Å². The molecule has 0 spiro atoms. The van der Waals surface area contributed by atoms with Crippen LogP contribution in [0.3, 0.4) is 0 Å². The van der Waals surface area contributed by atoms with Crippen molar-refractivity contribution in [3.05, 3.63) is 144 Å². The molecule has 0 bridgehead atoms. The Morgan fingerprint density at radius 2 is 0.973 bits per heavy atom. The summed E-state index contributed by atoms with van der Waals surface area (Å²) >= 11 is 0. The lowest BCUT2D eigenvalue weighted by atomic mass is 10.0. The molecule has 190 valence electrons. The number of hydrogen-bond donors (Lipinski definition) is 1. The number of hydrogen-bond acceptors (Lipinski definition) is 5. The Balaban J connectivity index is 1.40. The monoisotopic (exact) mass is 495 g/mol. The third-order valence-electron chi connectivity index (χ3n) is 6.75. The van der Waals surface area contributed by atoms with Crippen LogP contribution in [0.1, 0.15) is 28.3 Å². The Labute approximate surface area is 218 Å². The molecule has 0 aliphatic carbocycles. The van der Waals surface area contributed by atoms with Gasteiger partial charge in [-0.3, -0.25) is 0 Å². The van der Waals surface area contributed by atoms with Crippen molar-refractivity contribution in [2.75, 3.05) is 6.61 Å². The third kappa shape index (κ3) is 6.52. The summed E-state index contributed by atoms with van der Waals surface area (Å²) in [7, 11) is 0. The fourth-order valence-corrected chi connectivity index (χ4v) is 4.87. The SMILES string of the molecule is ON1[C@@H](COCc2ccccc2)[C@H](OCc2ccccc2)[C@@H](OCc2ccccc2)[C@@H]1c1ccccc1. The van der Waals surface area contributed by atoms with Gasteiger partial charge in [0.05, 0.1) is 38.5 Å². The minimum atomic E-state index is -0.408. The maximum absolute atomic E-state index is 11.5. The van der Waals surface area contributed by atoms with Crippen LogP contribution in [0.15, 0.2) is 121 Å². The molecule has 4 aromatic rings. The molecule has 4 atom stereocenters. The molecule has 37 heavy (non-hydrogen) atoms. The van der Waals surface area contributed by atoms with Gasteiger partial charge in [0.15, 0.2) is 0 Å². The number of benzene rings is 4. The minimum absolute atomic E-state index is 0.305. The molecule has 1 N–H and O–H groups in total. The Bertz CT molecular complexity index is 1190. The minimum Gasteiger partial charge on any atom is -0.375 e. The first-order valence-electron chi connectivity index (χ1n) is 12.7. The van der Waals surface area contributed by atoms with E-state index in [0.29, 0.717) is 26.4 Å². The fourth-order valence-electron chi connectivity index (χ4n) is 4.87. The molecule has 0 amide bonds. The van der Waals surface area contributed by atoms with Crippen molar-refractivity contribution < 1.29 is 19.4 Å². The Hall–Kier alpha value is -3.32. The van der Waals surface area contributed by atoms with Gasteiger partial charge < -0.3 is 19.4 Å². The van der Waals surface area contributed by atoms with E-state index >= 15 is 0 Å². The van der Waals surface area contributed by atoms with Gasteiger partial charge in [-0.2, -0.15) is 5.06 Å². The first-order valence-corrected chi connectivity index (χ1v) is 12.7. The predicted molar refractivity (Wildman–Crippen MR) is 143 cm³/mol. The highest BCUT2D eigenvalue weighted by atomic mass is 16.6. The van der Waals surface area contributed by atoms with Crippen LogP contribution in [0.5, 0.6) is 0 Å².